The summed E-state index contributed by atoms with van der Waals surface area (Å²) in [5.74, 6) is 0.210. The van der Waals surface area contributed by atoms with E-state index in [1.165, 1.54) is 12.4 Å². The number of hydrogen-bond donors (Lipinski definition) is 2. The molecule has 0 saturated heterocycles. The highest BCUT2D eigenvalue weighted by Crippen LogP contribution is 2.23. The summed E-state index contributed by atoms with van der Waals surface area (Å²) in [5.41, 5.74) is 3.80. The van der Waals surface area contributed by atoms with Gasteiger partial charge in [-0.15, -0.1) is 0 Å². The third kappa shape index (κ3) is 4.14. The topological polar surface area (TPSA) is 66.9 Å². The highest BCUT2D eigenvalue weighted by molar-refractivity contribution is 6.33. The first-order valence-corrected chi connectivity index (χ1v) is 8.13. The van der Waals surface area contributed by atoms with Crippen molar-refractivity contribution in [2.24, 2.45) is 0 Å². The Hall–Kier alpha value is -2.92. The minimum absolute atomic E-state index is 0.241. The lowest BCUT2D eigenvalue weighted by atomic mass is 10.1. The predicted molar refractivity (Wildman–Crippen MR) is 101 cm³/mol. The lowest BCUT2D eigenvalue weighted by Crippen LogP contribution is -2.15. The van der Waals surface area contributed by atoms with Crippen LogP contribution < -0.4 is 10.6 Å². The summed E-state index contributed by atoms with van der Waals surface area (Å²) in [6, 6.07) is 13.2. The quantitative estimate of drug-likeness (QED) is 0.711. The molecule has 0 unspecified atom stereocenters. The van der Waals surface area contributed by atoms with E-state index >= 15 is 0 Å². The normalized spacial score (nSPS) is 10.4. The van der Waals surface area contributed by atoms with Gasteiger partial charge in [0.1, 0.15) is 11.5 Å². The number of anilines is 3. The Balaban J connectivity index is 1.72. The Labute approximate surface area is 151 Å². The van der Waals surface area contributed by atoms with E-state index in [1.54, 1.807) is 6.07 Å². The molecular weight excluding hydrogens is 336 g/mol. The molecule has 0 aliphatic heterocycles. The summed E-state index contributed by atoms with van der Waals surface area (Å²) >= 11 is 6.10. The molecule has 126 valence electrons. The molecule has 1 aromatic heterocycles. The molecule has 0 saturated carbocycles. The Bertz CT molecular complexity index is 910. The lowest BCUT2D eigenvalue weighted by molar-refractivity contribution is 0.102. The fraction of sp³-hybridized carbons (Fsp3) is 0.105. The molecule has 3 rings (SSSR count). The van der Waals surface area contributed by atoms with Crippen LogP contribution in [0.25, 0.3) is 0 Å². The SMILES string of the molecule is Cc1ccc(C)c(NC(=O)c2cnc(Nc3ccccc3Cl)cn2)c1. The van der Waals surface area contributed by atoms with Crippen molar-refractivity contribution < 1.29 is 4.79 Å². The minimum Gasteiger partial charge on any atom is -0.338 e. The molecule has 2 aromatic carbocycles. The number of carbonyl (C=O) groups excluding carboxylic acids is 1. The van der Waals surface area contributed by atoms with E-state index in [2.05, 4.69) is 20.6 Å². The maximum atomic E-state index is 12.3. The zero-order valence-corrected chi connectivity index (χ0v) is 14.6. The molecule has 0 fully saturated rings. The number of nitrogens with zero attached hydrogens (tertiary/aromatic N) is 2. The lowest BCUT2D eigenvalue weighted by Gasteiger charge is -2.10. The molecule has 1 amide bonds. The van der Waals surface area contributed by atoms with Crippen LogP contribution in [0.4, 0.5) is 17.2 Å². The number of benzene rings is 2. The van der Waals surface area contributed by atoms with E-state index in [0.717, 1.165) is 22.5 Å². The largest absolute Gasteiger partial charge is 0.338 e. The number of carbonyl (C=O) groups is 1. The number of rotatable bonds is 4. The molecule has 0 aliphatic carbocycles. The van der Waals surface area contributed by atoms with Gasteiger partial charge in [-0.25, -0.2) is 9.97 Å². The van der Waals surface area contributed by atoms with Crippen LogP contribution in [0.2, 0.25) is 5.02 Å². The second-order valence-corrected chi connectivity index (χ2v) is 6.07. The van der Waals surface area contributed by atoms with Gasteiger partial charge in [-0.1, -0.05) is 35.9 Å². The zero-order chi connectivity index (χ0) is 17.8. The van der Waals surface area contributed by atoms with Crippen molar-refractivity contribution in [2.45, 2.75) is 13.8 Å². The van der Waals surface area contributed by atoms with Gasteiger partial charge in [-0.2, -0.15) is 0 Å². The molecule has 1 heterocycles. The Morgan fingerprint density at radius 1 is 1.00 bits per heavy atom. The van der Waals surface area contributed by atoms with Crippen LogP contribution in [0.1, 0.15) is 21.6 Å². The molecule has 0 aliphatic rings. The molecule has 2 N–H and O–H groups in total. The van der Waals surface area contributed by atoms with Gasteiger partial charge in [0, 0.05) is 5.69 Å². The van der Waals surface area contributed by atoms with E-state index in [4.69, 9.17) is 11.6 Å². The number of aromatic nitrogens is 2. The molecule has 6 heteroatoms. The fourth-order valence-corrected chi connectivity index (χ4v) is 2.45. The van der Waals surface area contributed by atoms with Crippen LogP contribution in [0, 0.1) is 13.8 Å². The third-order valence-electron chi connectivity index (χ3n) is 3.66. The van der Waals surface area contributed by atoms with Crippen molar-refractivity contribution in [1.29, 1.82) is 0 Å². The summed E-state index contributed by atoms with van der Waals surface area (Å²) in [7, 11) is 0. The third-order valence-corrected chi connectivity index (χ3v) is 3.99. The zero-order valence-electron chi connectivity index (χ0n) is 13.9. The van der Waals surface area contributed by atoms with Gasteiger partial charge in [0.15, 0.2) is 0 Å². The highest BCUT2D eigenvalue weighted by Gasteiger charge is 2.10. The first kappa shape index (κ1) is 16.9. The highest BCUT2D eigenvalue weighted by atomic mass is 35.5. The van der Waals surface area contributed by atoms with Crippen molar-refractivity contribution in [1.82, 2.24) is 9.97 Å². The predicted octanol–water partition coefficient (Wildman–Crippen LogP) is 4.74. The van der Waals surface area contributed by atoms with Gasteiger partial charge in [-0.3, -0.25) is 4.79 Å². The number of para-hydroxylation sites is 1. The average molecular weight is 353 g/mol. The van der Waals surface area contributed by atoms with Gasteiger partial charge in [0.25, 0.3) is 5.91 Å². The molecule has 5 nitrogen and oxygen atoms in total. The number of aryl methyl sites for hydroxylation is 2. The Kier molecular flexibility index (Phi) is 4.95. The van der Waals surface area contributed by atoms with E-state index < -0.39 is 0 Å². The average Bonchev–Trinajstić information content (AvgIpc) is 2.61. The van der Waals surface area contributed by atoms with Crippen LogP contribution in [-0.2, 0) is 0 Å². The van der Waals surface area contributed by atoms with E-state index in [0.29, 0.717) is 10.8 Å². The second-order valence-electron chi connectivity index (χ2n) is 5.66. The van der Waals surface area contributed by atoms with Crippen LogP contribution in [0.15, 0.2) is 54.9 Å². The van der Waals surface area contributed by atoms with Crippen molar-refractivity contribution in [3.05, 3.63) is 76.7 Å². The maximum Gasteiger partial charge on any atom is 0.275 e. The molecule has 0 atom stereocenters. The molecule has 25 heavy (non-hydrogen) atoms. The van der Waals surface area contributed by atoms with Gasteiger partial charge in [0.2, 0.25) is 0 Å². The minimum atomic E-state index is -0.300. The first-order chi connectivity index (χ1) is 12.0. The molecule has 0 radical (unpaired) electrons. The Morgan fingerprint density at radius 2 is 1.80 bits per heavy atom. The van der Waals surface area contributed by atoms with E-state index in [-0.39, 0.29) is 11.6 Å². The standard InChI is InChI=1S/C19H17ClN4O/c1-12-7-8-13(2)16(9-12)24-19(25)17-10-22-18(11-21-17)23-15-6-4-3-5-14(15)20/h3-11H,1-2H3,(H,22,23)(H,24,25). The summed E-state index contributed by atoms with van der Waals surface area (Å²) in [5, 5.41) is 6.51. The van der Waals surface area contributed by atoms with Crippen molar-refractivity contribution in [2.75, 3.05) is 10.6 Å². The first-order valence-electron chi connectivity index (χ1n) is 7.75. The second kappa shape index (κ2) is 7.32. The van der Waals surface area contributed by atoms with Crippen LogP contribution in [-0.4, -0.2) is 15.9 Å². The van der Waals surface area contributed by atoms with Crippen LogP contribution in [0.3, 0.4) is 0 Å². The summed E-state index contributed by atoms with van der Waals surface area (Å²) in [4.78, 5) is 20.7. The van der Waals surface area contributed by atoms with Gasteiger partial charge < -0.3 is 10.6 Å². The monoisotopic (exact) mass is 352 g/mol. The number of hydrogen-bond acceptors (Lipinski definition) is 4. The Morgan fingerprint density at radius 3 is 2.52 bits per heavy atom. The summed E-state index contributed by atoms with van der Waals surface area (Å²) < 4.78 is 0. The molecule has 3 aromatic rings. The number of amides is 1. The van der Waals surface area contributed by atoms with E-state index in [1.807, 2.05) is 50.2 Å². The van der Waals surface area contributed by atoms with Gasteiger partial charge >= 0.3 is 0 Å². The molecule has 0 spiro atoms. The van der Waals surface area contributed by atoms with Crippen molar-refractivity contribution in [3.63, 3.8) is 0 Å². The van der Waals surface area contributed by atoms with Crippen LogP contribution in [0.5, 0.6) is 0 Å². The van der Waals surface area contributed by atoms with Crippen LogP contribution >= 0.6 is 11.6 Å². The van der Waals surface area contributed by atoms with Gasteiger partial charge in [-0.05, 0) is 43.2 Å². The van der Waals surface area contributed by atoms with E-state index in [9.17, 15) is 4.79 Å². The molecular formula is C19H17ClN4O. The number of nitrogens with one attached hydrogen (secondary N) is 2. The smallest absolute Gasteiger partial charge is 0.275 e. The maximum absolute atomic E-state index is 12.3. The summed E-state index contributed by atoms with van der Waals surface area (Å²) in [6.45, 7) is 3.92. The fourth-order valence-electron chi connectivity index (χ4n) is 2.27. The van der Waals surface area contributed by atoms with Crippen molar-refractivity contribution in [3.8, 4) is 0 Å². The number of halogens is 1. The van der Waals surface area contributed by atoms with Crippen molar-refractivity contribution >= 4 is 34.7 Å². The van der Waals surface area contributed by atoms with Gasteiger partial charge in [0.05, 0.1) is 23.1 Å². The summed E-state index contributed by atoms with van der Waals surface area (Å²) in [6.07, 6.45) is 2.93. The molecule has 0 bridgehead atoms.